The molecule has 0 radical (unpaired) electrons. The fourth-order valence-corrected chi connectivity index (χ4v) is 4.83. The van der Waals surface area contributed by atoms with E-state index < -0.39 is 11.9 Å². The minimum Gasteiger partial charge on any atom is -0.496 e. The summed E-state index contributed by atoms with van der Waals surface area (Å²) >= 11 is 6.05. The number of hydrogen-bond donors (Lipinski definition) is 1. The predicted molar refractivity (Wildman–Crippen MR) is 124 cm³/mol. The quantitative estimate of drug-likeness (QED) is 0.627. The lowest BCUT2D eigenvalue weighted by Gasteiger charge is -2.37. The second-order valence-corrected chi connectivity index (χ2v) is 8.47. The number of halogens is 1. The molecule has 0 aromatic heterocycles. The van der Waals surface area contributed by atoms with E-state index in [2.05, 4.69) is 5.32 Å². The Bertz CT molecular complexity index is 1120. The number of methoxy groups -OCH3 is 1. The third-order valence-electron chi connectivity index (χ3n) is 6.11. The number of dihydropyridines is 1. The zero-order valence-electron chi connectivity index (χ0n) is 18.4. The van der Waals surface area contributed by atoms with Gasteiger partial charge in [0.25, 0.3) is 0 Å². The van der Waals surface area contributed by atoms with Crippen LogP contribution in [0.5, 0.6) is 5.75 Å². The number of carbonyl (C=O) groups is 2. The molecule has 0 saturated carbocycles. The highest BCUT2D eigenvalue weighted by atomic mass is 35.5. The number of carbonyl (C=O) groups excluding carboxylic acids is 2. The molecule has 0 spiro atoms. The summed E-state index contributed by atoms with van der Waals surface area (Å²) < 4.78 is 11.0. The number of hydrogen-bond acceptors (Lipinski definition) is 5. The van der Waals surface area contributed by atoms with E-state index in [1.165, 1.54) is 0 Å². The number of esters is 1. The topological polar surface area (TPSA) is 64.6 Å². The van der Waals surface area contributed by atoms with Gasteiger partial charge in [-0.15, -0.1) is 0 Å². The molecule has 2 aromatic carbocycles. The first-order chi connectivity index (χ1) is 15.4. The lowest BCUT2D eigenvalue weighted by molar-refractivity contribution is -0.138. The smallest absolute Gasteiger partial charge is 0.336 e. The molecule has 1 heterocycles. The van der Waals surface area contributed by atoms with Gasteiger partial charge in [0.05, 0.1) is 25.2 Å². The van der Waals surface area contributed by atoms with Crippen LogP contribution in [0.15, 0.2) is 71.1 Å². The van der Waals surface area contributed by atoms with E-state index in [-0.39, 0.29) is 18.3 Å². The number of Topliss-reactive ketones (excluding diaryl/α,β-unsaturated/α-hetero) is 1. The van der Waals surface area contributed by atoms with Crippen LogP contribution in [0.3, 0.4) is 0 Å². The molecule has 0 fully saturated rings. The molecule has 0 amide bonds. The van der Waals surface area contributed by atoms with E-state index in [9.17, 15) is 9.59 Å². The number of allylic oxidation sites excluding steroid dienone is 3. The third kappa shape index (κ3) is 4.05. The van der Waals surface area contributed by atoms with Crippen LogP contribution in [-0.4, -0.2) is 25.5 Å². The summed E-state index contributed by atoms with van der Waals surface area (Å²) in [5, 5.41) is 4.02. The van der Waals surface area contributed by atoms with Gasteiger partial charge in [0, 0.05) is 34.0 Å². The van der Waals surface area contributed by atoms with Crippen molar-refractivity contribution in [2.45, 2.75) is 38.5 Å². The first kappa shape index (κ1) is 22.2. The maximum absolute atomic E-state index is 13.6. The standard InChI is InChI=1S/C26H26ClNO4/c1-4-32-26(30)23-15(2)28-20-13-17(16-9-11-18(27)12-10-16)14-21(29)25(20)24(23)19-7-5-6-8-22(19)31-3/h5-12,17,24,28H,4,13-14H2,1-3H3/t17-,24+/m1/s1. The van der Waals surface area contributed by atoms with Crippen molar-refractivity contribution >= 4 is 23.4 Å². The molecule has 5 nitrogen and oxygen atoms in total. The van der Waals surface area contributed by atoms with Crippen LogP contribution in [0.4, 0.5) is 0 Å². The van der Waals surface area contributed by atoms with Crippen molar-refractivity contribution < 1.29 is 19.1 Å². The van der Waals surface area contributed by atoms with Gasteiger partial charge in [-0.1, -0.05) is 41.9 Å². The van der Waals surface area contributed by atoms with Gasteiger partial charge in [-0.05, 0) is 49.9 Å². The molecule has 0 bridgehead atoms. The molecule has 32 heavy (non-hydrogen) atoms. The largest absolute Gasteiger partial charge is 0.496 e. The Hall–Kier alpha value is -3.05. The van der Waals surface area contributed by atoms with Gasteiger partial charge in [0.2, 0.25) is 0 Å². The molecule has 2 aromatic rings. The van der Waals surface area contributed by atoms with Gasteiger partial charge in [-0.25, -0.2) is 4.79 Å². The van der Waals surface area contributed by atoms with Crippen molar-refractivity contribution in [3.8, 4) is 5.75 Å². The molecule has 1 N–H and O–H groups in total. The maximum Gasteiger partial charge on any atom is 0.336 e. The van der Waals surface area contributed by atoms with Crippen molar-refractivity contribution in [2.24, 2.45) is 0 Å². The lowest BCUT2D eigenvalue weighted by atomic mass is 9.71. The average molecular weight is 452 g/mol. The molecule has 2 atom stereocenters. The highest BCUT2D eigenvalue weighted by molar-refractivity contribution is 6.30. The highest BCUT2D eigenvalue weighted by Gasteiger charge is 2.42. The Morgan fingerprint density at radius 2 is 1.84 bits per heavy atom. The summed E-state index contributed by atoms with van der Waals surface area (Å²) in [6.45, 7) is 3.89. The highest BCUT2D eigenvalue weighted by Crippen LogP contribution is 2.47. The first-order valence-electron chi connectivity index (χ1n) is 10.7. The number of rotatable bonds is 5. The van der Waals surface area contributed by atoms with Crippen LogP contribution in [0.1, 0.15) is 49.7 Å². The Morgan fingerprint density at radius 1 is 1.12 bits per heavy atom. The fraction of sp³-hybridized carbons (Fsp3) is 0.308. The summed E-state index contributed by atoms with van der Waals surface area (Å²) in [5.41, 5.74) is 4.47. The minimum absolute atomic E-state index is 0.0175. The van der Waals surface area contributed by atoms with Crippen molar-refractivity contribution in [1.82, 2.24) is 5.32 Å². The number of ketones is 1. The SMILES string of the molecule is CCOC(=O)C1=C(C)NC2=C(C(=O)C[C@H](c3ccc(Cl)cc3)C2)[C@H]1c1ccccc1OC. The molecular formula is C26H26ClNO4. The van der Waals surface area contributed by atoms with E-state index in [0.717, 1.165) is 16.8 Å². The van der Waals surface area contributed by atoms with Crippen LogP contribution in [0.25, 0.3) is 0 Å². The number of nitrogens with one attached hydrogen (secondary N) is 1. The van der Waals surface area contributed by atoms with Gasteiger partial charge in [0.15, 0.2) is 5.78 Å². The van der Waals surface area contributed by atoms with E-state index in [1.54, 1.807) is 14.0 Å². The number of para-hydroxylation sites is 1. The second-order valence-electron chi connectivity index (χ2n) is 8.03. The first-order valence-corrected chi connectivity index (χ1v) is 11.1. The van der Waals surface area contributed by atoms with Gasteiger partial charge in [0.1, 0.15) is 5.75 Å². The molecule has 166 valence electrons. The van der Waals surface area contributed by atoms with Gasteiger partial charge < -0.3 is 14.8 Å². The molecule has 2 aliphatic rings. The van der Waals surface area contributed by atoms with E-state index in [0.29, 0.717) is 40.5 Å². The van der Waals surface area contributed by atoms with Crippen LogP contribution >= 0.6 is 11.6 Å². The average Bonchev–Trinajstić information content (AvgIpc) is 2.78. The summed E-state index contributed by atoms with van der Waals surface area (Å²) in [5.74, 6) is -0.272. The normalized spacial score (nSPS) is 20.6. The van der Waals surface area contributed by atoms with Crippen molar-refractivity contribution in [3.05, 3.63) is 87.2 Å². The van der Waals surface area contributed by atoms with E-state index >= 15 is 0 Å². The lowest BCUT2D eigenvalue weighted by Crippen LogP contribution is -2.36. The van der Waals surface area contributed by atoms with Crippen LogP contribution < -0.4 is 10.1 Å². The molecule has 4 rings (SSSR count). The van der Waals surface area contributed by atoms with Gasteiger partial charge in [-0.3, -0.25) is 4.79 Å². The minimum atomic E-state index is -0.542. The third-order valence-corrected chi connectivity index (χ3v) is 6.37. The molecule has 6 heteroatoms. The van der Waals surface area contributed by atoms with Crippen LogP contribution in [0.2, 0.25) is 5.02 Å². The Kier molecular flexibility index (Phi) is 6.38. The summed E-state index contributed by atoms with van der Waals surface area (Å²) in [7, 11) is 1.59. The Labute approximate surface area is 193 Å². The summed E-state index contributed by atoms with van der Waals surface area (Å²) in [4.78, 5) is 26.5. The summed E-state index contributed by atoms with van der Waals surface area (Å²) in [6, 6.07) is 15.2. The molecular weight excluding hydrogens is 426 g/mol. The zero-order chi connectivity index (χ0) is 22.8. The Balaban J connectivity index is 1.82. The maximum atomic E-state index is 13.6. The molecule has 1 aliphatic heterocycles. The monoisotopic (exact) mass is 451 g/mol. The summed E-state index contributed by atoms with van der Waals surface area (Å²) in [6.07, 6.45) is 1.03. The molecule has 1 aliphatic carbocycles. The number of benzene rings is 2. The molecule has 0 unspecified atom stereocenters. The predicted octanol–water partition coefficient (Wildman–Crippen LogP) is 5.27. The zero-order valence-corrected chi connectivity index (χ0v) is 19.2. The second kappa shape index (κ2) is 9.21. The molecule has 0 saturated heterocycles. The van der Waals surface area contributed by atoms with Crippen molar-refractivity contribution in [1.29, 1.82) is 0 Å². The van der Waals surface area contributed by atoms with Gasteiger partial charge >= 0.3 is 5.97 Å². The van der Waals surface area contributed by atoms with Crippen LogP contribution in [0, 0.1) is 0 Å². The number of ether oxygens (including phenoxy) is 2. The van der Waals surface area contributed by atoms with E-state index in [4.69, 9.17) is 21.1 Å². The van der Waals surface area contributed by atoms with Gasteiger partial charge in [-0.2, -0.15) is 0 Å². The van der Waals surface area contributed by atoms with Crippen LogP contribution in [-0.2, 0) is 14.3 Å². The van der Waals surface area contributed by atoms with Crippen molar-refractivity contribution in [3.63, 3.8) is 0 Å². The van der Waals surface area contributed by atoms with E-state index in [1.807, 2.05) is 55.5 Å². The Morgan fingerprint density at radius 3 is 2.53 bits per heavy atom. The van der Waals surface area contributed by atoms with Crippen molar-refractivity contribution in [2.75, 3.05) is 13.7 Å². The fourth-order valence-electron chi connectivity index (χ4n) is 4.71.